The molecule has 0 saturated carbocycles. The molecule has 0 saturated heterocycles. The average molecular weight is 303 g/mol. The molecule has 7 heteroatoms. The van der Waals surface area contributed by atoms with Crippen molar-refractivity contribution in [2.45, 2.75) is 26.8 Å². The fourth-order valence-corrected chi connectivity index (χ4v) is 2.01. The van der Waals surface area contributed by atoms with E-state index >= 15 is 0 Å². The van der Waals surface area contributed by atoms with Crippen LogP contribution in [0.1, 0.15) is 20.8 Å². The molecule has 0 atom stereocenters. The Morgan fingerprint density at radius 3 is 2.55 bits per heavy atom. The summed E-state index contributed by atoms with van der Waals surface area (Å²) >= 11 is 5.79. The number of hydrogen-bond acceptors (Lipinski definition) is 4. The number of amides is 1. The van der Waals surface area contributed by atoms with E-state index in [4.69, 9.17) is 23.1 Å². The topological polar surface area (TPSA) is 84.4 Å². The molecule has 0 spiro atoms. The van der Waals surface area contributed by atoms with Crippen molar-refractivity contribution >= 4 is 34.6 Å². The van der Waals surface area contributed by atoms with Gasteiger partial charge in [0.2, 0.25) is 5.91 Å². The third-order valence-electron chi connectivity index (χ3n) is 2.72. The summed E-state index contributed by atoms with van der Waals surface area (Å²) < 4.78 is 14.2. The number of nitrogen functional groups attached to an aromatic ring is 2. The van der Waals surface area contributed by atoms with Gasteiger partial charge in [-0.15, -0.1) is 0 Å². The van der Waals surface area contributed by atoms with Crippen molar-refractivity contribution in [1.82, 2.24) is 5.32 Å². The molecule has 112 valence electrons. The zero-order valence-electron chi connectivity index (χ0n) is 11.8. The SMILES string of the molecule is CCN(CC(=O)NC(C)C)c1c(N)cc(N)c(Cl)c1F. The molecule has 0 aromatic heterocycles. The quantitative estimate of drug-likeness (QED) is 0.726. The van der Waals surface area contributed by atoms with E-state index in [2.05, 4.69) is 5.32 Å². The van der Waals surface area contributed by atoms with Crippen LogP contribution >= 0.6 is 11.6 Å². The molecule has 5 nitrogen and oxygen atoms in total. The molecule has 0 heterocycles. The second kappa shape index (κ2) is 6.65. The Hall–Kier alpha value is -1.69. The molecule has 0 aliphatic carbocycles. The Bertz CT molecular complexity index is 508. The largest absolute Gasteiger partial charge is 0.397 e. The van der Waals surface area contributed by atoms with Crippen LogP contribution in [0.2, 0.25) is 5.02 Å². The van der Waals surface area contributed by atoms with E-state index in [1.807, 2.05) is 13.8 Å². The van der Waals surface area contributed by atoms with Crippen molar-refractivity contribution in [3.63, 3.8) is 0 Å². The van der Waals surface area contributed by atoms with Crippen LogP contribution < -0.4 is 21.7 Å². The molecule has 0 fully saturated rings. The standard InChI is InChI=1S/C13H20ClFN4O/c1-4-19(6-10(20)18-7(2)3)13-9(17)5-8(16)11(14)12(13)15/h5,7H,4,6,16-17H2,1-3H3,(H,18,20). The molecule has 20 heavy (non-hydrogen) atoms. The van der Waals surface area contributed by atoms with Crippen LogP contribution in [0.25, 0.3) is 0 Å². The van der Waals surface area contributed by atoms with Gasteiger partial charge in [-0.2, -0.15) is 0 Å². The highest BCUT2D eigenvalue weighted by Gasteiger charge is 2.21. The first-order chi connectivity index (χ1) is 9.27. The number of carbonyl (C=O) groups excluding carboxylic acids is 1. The third-order valence-corrected chi connectivity index (χ3v) is 3.10. The molecule has 0 bridgehead atoms. The number of rotatable bonds is 5. The lowest BCUT2D eigenvalue weighted by Crippen LogP contribution is -2.40. The molecule has 0 radical (unpaired) electrons. The second-order valence-electron chi connectivity index (χ2n) is 4.77. The van der Waals surface area contributed by atoms with Gasteiger partial charge in [0.25, 0.3) is 0 Å². The van der Waals surface area contributed by atoms with Crippen molar-refractivity contribution in [1.29, 1.82) is 0 Å². The van der Waals surface area contributed by atoms with E-state index in [1.54, 1.807) is 6.92 Å². The van der Waals surface area contributed by atoms with Crippen molar-refractivity contribution in [3.05, 3.63) is 16.9 Å². The van der Waals surface area contributed by atoms with Crippen molar-refractivity contribution in [2.75, 3.05) is 29.5 Å². The second-order valence-corrected chi connectivity index (χ2v) is 5.15. The maximum Gasteiger partial charge on any atom is 0.239 e. The van der Waals surface area contributed by atoms with Crippen molar-refractivity contribution < 1.29 is 9.18 Å². The summed E-state index contributed by atoms with van der Waals surface area (Å²) in [6.45, 7) is 5.90. The number of benzene rings is 1. The number of nitrogens with two attached hydrogens (primary N) is 2. The number of nitrogens with zero attached hydrogens (tertiary/aromatic N) is 1. The van der Waals surface area contributed by atoms with Crippen LogP contribution in [0.15, 0.2) is 6.07 Å². The summed E-state index contributed by atoms with van der Waals surface area (Å²) in [6, 6.07) is 1.41. The summed E-state index contributed by atoms with van der Waals surface area (Å²) in [5.74, 6) is -0.919. The first-order valence-corrected chi connectivity index (χ1v) is 6.72. The highest BCUT2D eigenvalue weighted by atomic mass is 35.5. The van der Waals surface area contributed by atoms with E-state index in [1.165, 1.54) is 11.0 Å². The number of likely N-dealkylation sites (N-methyl/N-ethyl adjacent to an activating group) is 1. The van der Waals surface area contributed by atoms with E-state index < -0.39 is 5.82 Å². The molecule has 5 N–H and O–H groups in total. The Morgan fingerprint density at radius 1 is 1.45 bits per heavy atom. The lowest BCUT2D eigenvalue weighted by Gasteiger charge is -2.25. The minimum Gasteiger partial charge on any atom is -0.397 e. The molecular weight excluding hydrogens is 283 g/mol. The average Bonchev–Trinajstić information content (AvgIpc) is 2.33. The highest BCUT2D eigenvalue weighted by Crippen LogP contribution is 2.35. The minimum atomic E-state index is -0.705. The van der Waals surface area contributed by atoms with Crippen LogP contribution in [0.3, 0.4) is 0 Å². The number of hydrogen-bond donors (Lipinski definition) is 3. The normalized spacial score (nSPS) is 10.7. The van der Waals surface area contributed by atoms with Gasteiger partial charge in [-0.25, -0.2) is 4.39 Å². The first-order valence-electron chi connectivity index (χ1n) is 6.35. The van der Waals surface area contributed by atoms with Crippen LogP contribution in [0.5, 0.6) is 0 Å². The molecular formula is C13H20ClFN4O. The van der Waals surface area contributed by atoms with E-state index in [-0.39, 0.29) is 40.6 Å². The fraction of sp³-hybridized carbons (Fsp3) is 0.462. The van der Waals surface area contributed by atoms with E-state index in [0.717, 1.165) is 0 Å². The first kappa shape index (κ1) is 16.4. The predicted molar refractivity (Wildman–Crippen MR) is 81.4 cm³/mol. The molecule has 0 unspecified atom stereocenters. The van der Waals surface area contributed by atoms with Gasteiger partial charge in [0, 0.05) is 12.6 Å². The zero-order valence-corrected chi connectivity index (χ0v) is 12.6. The maximum absolute atomic E-state index is 14.2. The summed E-state index contributed by atoms with van der Waals surface area (Å²) in [5, 5.41) is 2.56. The lowest BCUT2D eigenvalue weighted by molar-refractivity contribution is -0.120. The highest BCUT2D eigenvalue weighted by molar-refractivity contribution is 6.33. The molecule has 0 aliphatic heterocycles. The predicted octanol–water partition coefficient (Wildman–Crippen LogP) is 1.99. The summed E-state index contributed by atoms with van der Waals surface area (Å²) in [4.78, 5) is 13.3. The van der Waals surface area contributed by atoms with Crippen molar-refractivity contribution in [3.8, 4) is 0 Å². The van der Waals surface area contributed by atoms with Crippen molar-refractivity contribution in [2.24, 2.45) is 0 Å². The molecule has 0 aliphatic rings. The van der Waals surface area contributed by atoms with Gasteiger partial charge >= 0.3 is 0 Å². The van der Waals surface area contributed by atoms with Gasteiger partial charge in [0.15, 0.2) is 5.82 Å². The van der Waals surface area contributed by atoms with Gasteiger partial charge in [0.05, 0.1) is 23.6 Å². The minimum absolute atomic E-state index is 0.00392. The summed E-state index contributed by atoms with van der Waals surface area (Å²) in [6.07, 6.45) is 0. The Labute approximate surface area is 123 Å². The molecule has 1 amide bonds. The zero-order chi connectivity index (χ0) is 15.4. The lowest BCUT2D eigenvalue weighted by atomic mass is 10.2. The van der Waals surface area contributed by atoms with E-state index in [9.17, 15) is 9.18 Å². The number of anilines is 3. The summed E-state index contributed by atoms with van der Waals surface area (Å²) in [5.41, 5.74) is 11.7. The molecule has 1 rings (SSSR count). The van der Waals surface area contributed by atoms with Crippen LogP contribution in [-0.2, 0) is 4.79 Å². The maximum atomic E-state index is 14.2. The number of carbonyl (C=O) groups is 1. The Kier molecular flexibility index (Phi) is 5.44. The Morgan fingerprint density at radius 2 is 2.05 bits per heavy atom. The van der Waals surface area contributed by atoms with Crippen LogP contribution in [0.4, 0.5) is 21.5 Å². The van der Waals surface area contributed by atoms with Gasteiger partial charge in [0.1, 0.15) is 5.02 Å². The smallest absolute Gasteiger partial charge is 0.239 e. The molecule has 1 aromatic rings. The van der Waals surface area contributed by atoms with Gasteiger partial charge in [-0.05, 0) is 26.8 Å². The monoisotopic (exact) mass is 302 g/mol. The fourth-order valence-electron chi connectivity index (χ4n) is 1.87. The number of nitrogens with one attached hydrogen (secondary N) is 1. The van der Waals surface area contributed by atoms with Crippen LogP contribution in [-0.4, -0.2) is 25.0 Å². The van der Waals surface area contributed by atoms with E-state index in [0.29, 0.717) is 6.54 Å². The number of halogens is 2. The molecule has 1 aromatic carbocycles. The Balaban J connectivity index is 3.07. The van der Waals surface area contributed by atoms with Gasteiger partial charge < -0.3 is 21.7 Å². The van der Waals surface area contributed by atoms with Gasteiger partial charge in [-0.1, -0.05) is 11.6 Å². The van der Waals surface area contributed by atoms with Gasteiger partial charge in [-0.3, -0.25) is 4.79 Å². The van der Waals surface area contributed by atoms with Crippen LogP contribution in [0, 0.1) is 5.82 Å². The third kappa shape index (κ3) is 3.66. The summed E-state index contributed by atoms with van der Waals surface area (Å²) in [7, 11) is 0.